The Kier molecular flexibility index (Phi) is 3.47. The lowest BCUT2D eigenvalue weighted by Gasteiger charge is -2.22. The molecule has 2 aromatic rings. The maximum Gasteiger partial charge on any atom is 0.160 e. The molecule has 2 aromatic heterocycles. The third-order valence-corrected chi connectivity index (χ3v) is 2.34. The Labute approximate surface area is 94.3 Å². The highest BCUT2D eigenvalue weighted by molar-refractivity contribution is 5.86. The van der Waals surface area contributed by atoms with Gasteiger partial charge in [-0.05, 0) is 13.8 Å². The Morgan fingerprint density at radius 2 is 2.07 bits per heavy atom. The number of nitrogens with zero attached hydrogens (tertiary/aromatic N) is 4. The zero-order valence-corrected chi connectivity index (χ0v) is 9.75. The van der Waals surface area contributed by atoms with Crippen molar-refractivity contribution in [3.63, 3.8) is 0 Å². The van der Waals surface area contributed by atoms with Gasteiger partial charge in [0.15, 0.2) is 5.65 Å². The van der Waals surface area contributed by atoms with Crippen LogP contribution in [0.1, 0.15) is 13.8 Å². The number of H-pyrrole nitrogens is 1. The molecule has 1 N–H and O–H groups in total. The predicted molar refractivity (Wildman–Crippen MR) is 62.5 cm³/mol. The zero-order chi connectivity index (χ0) is 10.1. The first kappa shape index (κ1) is 11.7. The van der Waals surface area contributed by atoms with Crippen LogP contribution in [0.4, 0.5) is 5.82 Å². The standard InChI is InChI=1S/C9H13N5.ClH/c1-6(2)14(3)9-7-4-12-13-8(7)10-5-11-9;/h4-6H,1-3H3,(H,10,11,12,13);1H. The van der Waals surface area contributed by atoms with Crippen LogP contribution in [-0.4, -0.2) is 33.3 Å². The molecule has 6 heteroatoms. The predicted octanol–water partition coefficient (Wildman–Crippen LogP) is 1.62. The Hall–Kier alpha value is -1.36. The summed E-state index contributed by atoms with van der Waals surface area (Å²) in [6, 6.07) is 0.406. The van der Waals surface area contributed by atoms with Crippen LogP contribution < -0.4 is 4.90 Å². The van der Waals surface area contributed by atoms with Crippen LogP contribution in [0.5, 0.6) is 0 Å². The highest BCUT2D eigenvalue weighted by atomic mass is 35.5. The Bertz CT molecular complexity index is 439. The van der Waals surface area contributed by atoms with Crippen molar-refractivity contribution in [3.8, 4) is 0 Å². The van der Waals surface area contributed by atoms with Gasteiger partial charge in [-0.2, -0.15) is 5.10 Å². The smallest absolute Gasteiger partial charge is 0.160 e. The van der Waals surface area contributed by atoms with Gasteiger partial charge in [0, 0.05) is 13.1 Å². The summed E-state index contributed by atoms with van der Waals surface area (Å²) in [7, 11) is 2.01. The van der Waals surface area contributed by atoms with Gasteiger partial charge < -0.3 is 4.90 Å². The molecule has 2 rings (SSSR count). The number of anilines is 1. The van der Waals surface area contributed by atoms with Crippen molar-refractivity contribution in [1.29, 1.82) is 0 Å². The SMILES string of the molecule is CC(C)N(C)c1ncnc2[nH]ncc12.Cl. The first-order valence-corrected chi connectivity index (χ1v) is 4.57. The number of rotatable bonds is 2. The van der Waals surface area contributed by atoms with Crippen LogP contribution in [0.25, 0.3) is 11.0 Å². The van der Waals surface area contributed by atoms with Gasteiger partial charge in [0.2, 0.25) is 0 Å². The van der Waals surface area contributed by atoms with Crippen molar-refractivity contribution >= 4 is 29.3 Å². The largest absolute Gasteiger partial charge is 0.357 e. The van der Waals surface area contributed by atoms with Crippen LogP contribution in [0.3, 0.4) is 0 Å². The molecule has 0 radical (unpaired) electrons. The van der Waals surface area contributed by atoms with E-state index < -0.39 is 0 Å². The van der Waals surface area contributed by atoms with Gasteiger partial charge in [-0.25, -0.2) is 9.97 Å². The molecule has 0 aliphatic carbocycles. The molecule has 82 valence electrons. The molecule has 5 nitrogen and oxygen atoms in total. The molecule has 0 aromatic carbocycles. The third kappa shape index (κ3) is 2.02. The highest BCUT2D eigenvalue weighted by Gasteiger charge is 2.11. The molecule has 2 heterocycles. The average Bonchev–Trinajstić information content (AvgIpc) is 2.63. The zero-order valence-electron chi connectivity index (χ0n) is 8.93. The molecule has 0 aliphatic rings. The number of aromatic amines is 1. The van der Waals surface area contributed by atoms with Gasteiger partial charge in [0.05, 0.1) is 11.6 Å². The summed E-state index contributed by atoms with van der Waals surface area (Å²) in [6.45, 7) is 4.24. The second-order valence-corrected chi connectivity index (χ2v) is 3.53. The van der Waals surface area contributed by atoms with Crippen molar-refractivity contribution in [2.45, 2.75) is 19.9 Å². The van der Waals surface area contributed by atoms with E-state index in [9.17, 15) is 0 Å². The van der Waals surface area contributed by atoms with Crippen LogP contribution in [0.15, 0.2) is 12.5 Å². The van der Waals surface area contributed by atoms with Crippen LogP contribution in [0.2, 0.25) is 0 Å². The average molecular weight is 228 g/mol. The quantitative estimate of drug-likeness (QED) is 0.847. The van der Waals surface area contributed by atoms with Gasteiger partial charge >= 0.3 is 0 Å². The summed E-state index contributed by atoms with van der Waals surface area (Å²) < 4.78 is 0. The van der Waals surface area contributed by atoms with Gasteiger partial charge in [0.1, 0.15) is 12.1 Å². The van der Waals surface area contributed by atoms with Crippen molar-refractivity contribution in [1.82, 2.24) is 20.2 Å². The van der Waals surface area contributed by atoms with Crippen molar-refractivity contribution < 1.29 is 0 Å². The van der Waals surface area contributed by atoms with Crippen molar-refractivity contribution in [3.05, 3.63) is 12.5 Å². The molecule has 0 unspecified atom stereocenters. The molecule has 0 aliphatic heterocycles. The van der Waals surface area contributed by atoms with Crippen LogP contribution >= 0.6 is 12.4 Å². The minimum atomic E-state index is 0. The van der Waals surface area contributed by atoms with Gasteiger partial charge in [0.25, 0.3) is 0 Å². The molecule has 15 heavy (non-hydrogen) atoms. The summed E-state index contributed by atoms with van der Waals surface area (Å²) in [5.41, 5.74) is 0.780. The van der Waals surface area contributed by atoms with Crippen molar-refractivity contribution in [2.75, 3.05) is 11.9 Å². The number of nitrogens with one attached hydrogen (secondary N) is 1. The van der Waals surface area contributed by atoms with Crippen LogP contribution in [0, 0.1) is 0 Å². The summed E-state index contributed by atoms with van der Waals surface area (Å²) in [6.07, 6.45) is 3.30. The summed E-state index contributed by atoms with van der Waals surface area (Å²) >= 11 is 0. The molecule has 0 fully saturated rings. The first-order valence-electron chi connectivity index (χ1n) is 4.57. The maximum absolute atomic E-state index is 4.26. The van der Waals surface area contributed by atoms with E-state index in [1.165, 1.54) is 0 Å². The van der Waals surface area contributed by atoms with Gasteiger partial charge in [-0.3, -0.25) is 5.10 Å². The monoisotopic (exact) mass is 227 g/mol. The third-order valence-electron chi connectivity index (χ3n) is 2.34. The van der Waals surface area contributed by atoms with Gasteiger partial charge in [-0.15, -0.1) is 12.4 Å². The minimum absolute atomic E-state index is 0. The molecule has 0 saturated heterocycles. The minimum Gasteiger partial charge on any atom is -0.357 e. The number of hydrogen-bond acceptors (Lipinski definition) is 4. The summed E-state index contributed by atoms with van der Waals surface area (Å²) in [5.74, 6) is 0.916. The molecule has 0 amide bonds. The Morgan fingerprint density at radius 3 is 2.73 bits per heavy atom. The lowest BCUT2D eigenvalue weighted by molar-refractivity contribution is 0.745. The second-order valence-electron chi connectivity index (χ2n) is 3.53. The van der Waals surface area contributed by atoms with E-state index in [-0.39, 0.29) is 12.4 Å². The molecular formula is C9H14ClN5. The fourth-order valence-electron chi connectivity index (χ4n) is 1.28. The van der Waals surface area contributed by atoms with E-state index in [0.29, 0.717) is 6.04 Å². The Balaban J connectivity index is 0.00000112. The van der Waals surface area contributed by atoms with E-state index >= 15 is 0 Å². The fraction of sp³-hybridized carbons (Fsp3) is 0.444. The molecule has 0 spiro atoms. The normalized spacial score (nSPS) is 10.4. The highest BCUT2D eigenvalue weighted by Crippen LogP contribution is 2.20. The molecule has 0 bridgehead atoms. The summed E-state index contributed by atoms with van der Waals surface area (Å²) in [5, 5.41) is 7.74. The lowest BCUT2D eigenvalue weighted by Crippen LogP contribution is -2.26. The molecule has 0 atom stereocenters. The van der Waals surface area contributed by atoms with E-state index in [4.69, 9.17) is 0 Å². The Morgan fingerprint density at radius 1 is 1.33 bits per heavy atom. The van der Waals surface area contributed by atoms with Gasteiger partial charge in [-0.1, -0.05) is 0 Å². The molecule has 0 saturated carbocycles. The maximum atomic E-state index is 4.26. The van der Waals surface area contributed by atoms with E-state index in [2.05, 4.69) is 38.9 Å². The number of aromatic nitrogens is 4. The summed E-state index contributed by atoms with van der Waals surface area (Å²) in [4.78, 5) is 10.4. The number of hydrogen-bond donors (Lipinski definition) is 1. The van der Waals surface area contributed by atoms with E-state index in [1.807, 2.05) is 7.05 Å². The van der Waals surface area contributed by atoms with Crippen LogP contribution in [-0.2, 0) is 0 Å². The van der Waals surface area contributed by atoms with E-state index in [1.54, 1.807) is 12.5 Å². The molecular weight excluding hydrogens is 214 g/mol. The van der Waals surface area contributed by atoms with Crippen molar-refractivity contribution in [2.24, 2.45) is 0 Å². The van der Waals surface area contributed by atoms with E-state index in [0.717, 1.165) is 16.9 Å². The second kappa shape index (κ2) is 4.44. The fourth-order valence-corrected chi connectivity index (χ4v) is 1.28. The topological polar surface area (TPSA) is 57.7 Å². The number of fused-ring (bicyclic) bond motifs is 1. The first-order chi connectivity index (χ1) is 6.70. The lowest BCUT2D eigenvalue weighted by atomic mass is 10.3. The number of halogens is 1.